The van der Waals surface area contributed by atoms with Crippen molar-refractivity contribution in [2.45, 2.75) is 51.6 Å². The average molecular weight is 908 g/mol. The molecular formula is C50H61N13O4. The topological polar surface area (TPSA) is 175 Å². The summed E-state index contributed by atoms with van der Waals surface area (Å²) in [5.41, 5.74) is 7.68. The summed E-state index contributed by atoms with van der Waals surface area (Å²) in [5, 5.41) is 25.6. The first kappa shape index (κ1) is 46.3. The van der Waals surface area contributed by atoms with E-state index in [0.29, 0.717) is 48.3 Å². The molecular weight excluding hydrogens is 847 g/mol. The van der Waals surface area contributed by atoms with E-state index in [9.17, 15) is 9.90 Å². The minimum Gasteiger partial charge on any atom is -0.494 e. The van der Waals surface area contributed by atoms with Crippen LogP contribution in [0.25, 0.3) is 27.8 Å². The summed E-state index contributed by atoms with van der Waals surface area (Å²) in [6, 6.07) is 18.0. The highest BCUT2D eigenvalue weighted by Gasteiger charge is 2.25. The fourth-order valence-electron chi connectivity index (χ4n) is 8.51. The smallest absolute Gasteiger partial charge is 0.254 e. The molecule has 1 atom stereocenters. The molecule has 1 amide bonds. The Morgan fingerprint density at radius 1 is 1.01 bits per heavy atom. The number of hydrogen-bond donors (Lipinski definition) is 4. The number of hydrogen-bond acceptors (Lipinski definition) is 14. The standard InChI is InChI=1S/C50H61N13O4/c1-8-35-29-54-63-46(26-47(58-48(35)63)62-19-12-11-13-36(62)17-22-64)53-28-34-23-37(30-51-27-34)67-32-33(2)49(65)55-41-24-42(45(66-7)25-44(41)60(5)21-20-59(3)4)57-50-52-18-16-40(56-50)39-31-61(6)43-15-10-9-14-38(39)43/h9-10,14-16,18,23-27,29-31,36,53,64H,2,8,11-13,17,19-22,28,32H2,1,3-7H3,(H,55,65)(H,52,56,57)/t36-/m0/s1. The molecule has 0 radical (unpaired) electrons. The van der Waals surface area contributed by atoms with Crippen molar-refractivity contribution < 1.29 is 19.4 Å². The van der Waals surface area contributed by atoms with Gasteiger partial charge in [-0.3, -0.25) is 9.78 Å². The van der Waals surface area contributed by atoms with Crippen LogP contribution in [0.4, 0.5) is 34.6 Å². The molecule has 350 valence electrons. The monoisotopic (exact) mass is 907 g/mol. The Hall–Kier alpha value is -7.24. The summed E-state index contributed by atoms with van der Waals surface area (Å²) in [5.74, 6) is 2.68. The summed E-state index contributed by atoms with van der Waals surface area (Å²) in [4.78, 5) is 39.3. The number of rotatable bonds is 20. The van der Waals surface area contributed by atoms with Crippen LogP contribution in [0.3, 0.4) is 0 Å². The van der Waals surface area contributed by atoms with Crippen LogP contribution >= 0.6 is 0 Å². The molecule has 17 nitrogen and oxygen atoms in total. The molecule has 17 heteroatoms. The predicted molar refractivity (Wildman–Crippen MR) is 266 cm³/mol. The van der Waals surface area contributed by atoms with E-state index in [1.807, 2.05) is 81.4 Å². The number of benzene rings is 2. The number of ether oxygens (including phenoxy) is 2. The van der Waals surface area contributed by atoms with Gasteiger partial charge in [0, 0.05) is 111 Å². The van der Waals surface area contributed by atoms with Crippen LogP contribution in [0.15, 0.2) is 97.7 Å². The largest absolute Gasteiger partial charge is 0.494 e. The number of anilines is 6. The lowest BCUT2D eigenvalue weighted by atomic mass is 9.99. The number of nitrogens with zero attached hydrogens (tertiary/aromatic N) is 10. The normalized spacial score (nSPS) is 13.9. The number of carbonyl (C=O) groups is 1. The van der Waals surface area contributed by atoms with Crippen LogP contribution in [-0.4, -0.2) is 117 Å². The van der Waals surface area contributed by atoms with Gasteiger partial charge in [-0.2, -0.15) is 9.61 Å². The fraction of sp³-hybridized carbons (Fsp3) is 0.360. The maximum absolute atomic E-state index is 13.9. The summed E-state index contributed by atoms with van der Waals surface area (Å²) in [6.45, 7) is 9.06. The molecule has 7 aromatic rings. The van der Waals surface area contributed by atoms with Gasteiger partial charge in [-0.1, -0.05) is 31.7 Å². The Morgan fingerprint density at radius 2 is 1.87 bits per heavy atom. The van der Waals surface area contributed by atoms with Gasteiger partial charge in [0.2, 0.25) is 5.95 Å². The van der Waals surface area contributed by atoms with Crippen molar-refractivity contribution in [2.75, 3.05) is 86.9 Å². The molecule has 1 aliphatic rings. The van der Waals surface area contributed by atoms with Gasteiger partial charge in [0.1, 0.15) is 29.7 Å². The summed E-state index contributed by atoms with van der Waals surface area (Å²) in [7, 11) is 9.64. The van der Waals surface area contributed by atoms with Gasteiger partial charge in [0.05, 0.1) is 42.3 Å². The second-order valence-corrected chi connectivity index (χ2v) is 17.2. The van der Waals surface area contributed by atoms with Gasteiger partial charge < -0.3 is 49.8 Å². The lowest BCUT2D eigenvalue weighted by Crippen LogP contribution is -2.40. The third kappa shape index (κ3) is 10.6. The number of para-hydroxylation sites is 1. The van der Waals surface area contributed by atoms with Gasteiger partial charge in [-0.15, -0.1) is 0 Å². The number of aryl methyl sites for hydroxylation is 2. The highest BCUT2D eigenvalue weighted by atomic mass is 16.5. The second kappa shape index (κ2) is 20.9. The minimum atomic E-state index is -0.406. The Kier molecular flexibility index (Phi) is 14.5. The zero-order valence-corrected chi connectivity index (χ0v) is 39.3. The van der Waals surface area contributed by atoms with Crippen LogP contribution in [-0.2, 0) is 24.8 Å². The summed E-state index contributed by atoms with van der Waals surface area (Å²) in [6.07, 6.45) is 13.8. The number of aliphatic hydroxyl groups is 1. The van der Waals surface area contributed by atoms with Crippen molar-refractivity contribution in [3.63, 3.8) is 0 Å². The van der Waals surface area contributed by atoms with Gasteiger partial charge in [0.25, 0.3) is 5.91 Å². The van der Waals surface area contributed by atoms with E-state index in [2.05, 4.69) is 82.1 Å². The molecule has 0 bridgehead atoms. The van der Waals surface area contributed by atoms with Crippen LogP contribution < -0.4 is 35.2 Å². The number of likely N-dealkylation sites (N-methyl/N-ethyl adjacent to an activating group) is 2. The van der Waals surface area contributed by atoms with Crippen LogP contribution in [0.2, 0.25) is 0 Å². The fourth-order valence-corrected chi connectivity index (χ4v) is 8.51. The van der Waals surface area contributed by atoms with E-state index in [4.69, 9.17) is 19.4 Å². The molecule has 1 fully saturated rings. The Bertz CT molecular complexity index is 2850. The number of nitrogens with one attached hydrogen (secondary N) is 3. The maximum atomic E-state index is 13.9. The van der Waals surface area contributed by atoms with Crippen LogP contribution in [0.1, 0.15) is 43.7 Å². The number of aliphatic hydroxyl groups excluding tert-OH is 1. The van der Waals surface area contributed by atoms with E-state index >= 15 is 0 Å². The van der Waals surface area contributed by atoms with Gasteiger partial charge in [-0.25, -0.2) is 15.0 Å². The zero-order valence-electron chi connectivity index (χ0n) is 39.3. The number of pyridine rings is 1. The molecule has 0 aliphatic carbocycles. The number of amides is 1. The Morgan fingerprint density at radius 3 is 2.67 bits per heavy atom. The van der Waals surface area contributed by atoms with Crippen molar-refractivity contribution in [1.82, 2.24) is 39.0 Å². The third-order valence-corrected chi connectivity index (χ3v) is 12.2. The molecule has 0 spiro atoms. The van der Waals surface area contributed by atoms with Gasteiger partial charge in [-0.05, 0) is 76.0 Å². The highest BCUT2D eigenvalue weighted by Crippen LogP contribution is 2.39. The first-order valence-corrected chi connectivity index (χ1v) is 22.8. The van der Waals surface area contributed by atoms with Gasteiger partial charge >= 0.3 is 0 Å². The number of carbonyl (C=O) groups excluding carboxylic acids is 1. The SMILES string of the molecule is C=C(COc1cncc(CNc2cc(N3CCCC[C@H]3CCO)nc3c(CC)cnn23)c1)C(=O)Nc1cc(Nc2nccc(-c3cn(C)c4ccccc34)n2)c(OC)cc1N(C)CCN(C)C. The number of aromatic nitrogens is 7. The first-order chi connectivity index (χ1) is 32.5. The lowest BCUT2D eigenvalue weighted by molar-refractivity contribution is -0.113. The summed E-state index contributed by atoms with van der Waals surface area (Å²) >= 11 is 0. The molecule has 8 rings (SSSR count). The van der Waals surface area contributed by atoms with Crippen molar-refractivity contribution in [3.05, 3.63) is 109 Å². The third-order valence-electron chi connectivity index (χ3n) is 12.2. The molecule has 5 aromatic heterocycles. The van der Waals surface area contributed by atoms with E-state index in [1.165, 1.54) is 0 Å². The highest BCUT2D eigenvalue weighted by molar-refractivity contribution is 6.06. The van der Waals surface area contributed by atoms with Crippen molar-refractivity contribution in [1.29, 1.82) is 0 Å². The van der Waals surface area contributed by atoms with Crippen LogP contribution in [0.5, 0.6) is 11.5 Å². The molecule has 4 N–H and O–H groups in total. The van der Waals surface area contributed by atoms with Crippen molar-refractivity contribution >= 4 is 57.1 Å². The molecule has 6 heterocycles. The van der Waals surface area contributed by atoms with E-state index in [1.54, 1.807) is 25.7 Å². The maximum Gasteiger partial charge on any atom is 0.254 e. The molecule has 67 heavy (non-hydrogen) atoms. The molecule has 1 aliphatic heterocycles. The minimum absolute atomic E-state index is 0.0709. The number of methoxy groups -OCH3 is 1. The summed E-state index contributed by atoms with van der Waals surface area (Å²) < 4.78 is 15.9. The van der Waals surface area contributed by atoms with Crippen molar-refractivity contribution in [3.8, 4) is 22.8 Å². The zero-order chi connectivity index (χ0) is 47.0. The lowest BCUT2D eigenvalue weighted by Gasteiger charge is -2.36. The average Bonchev–Trinajstić information content (AvgIpc) is 3.92. The molecule has 0 unspecified atom stereocenters. The first-order valence-electron chi connectivity index (χ1n) is 22.8. The van der Waals surface area contributed by atoms with Gasteiger partial charge in [0.15, 0.2) is 5.65 Å². The molecule has 2 aromatic carbocycles. The molecule has 0 saturated carbocycles. The van der Waals surface area contributed by atoms with Crippen molar-refractivity contribution in [2.24, 2.45) is 7.05 Å². The van der Waals surface area contributed by atoms with E-state index in [-0.39, 0.29) is 24.8 Å². The van der Waals surface area contributed by atoms with E-state index < -0.39 is 5.91 Å². The quantitative estimate of drug-likeness (QED) is 0.0561. The Labute approximate surface area is 391 Å². The van der Waals surface area contributed by atoms with Crippen LogP contribution in [0, 0.1) is 0 Å². The number of piperidine rings is 1. The molecule has 1 saturated heterocycles. The Balaban J connectivity index is 0.969. The number of fused-ring (bicyclic) bond motifs is 2. The van der Waals surface area contributed by atoms with E-state index in [0.717, 1.165) is 95.0 Å². The predicted octanol–water partition coefficient (Wildman–Crippen LogP) is 7.31. The second-order valence-electron chi connectivity index (χ2n) is 17.2.